The van der Waals surface area contributed by atoms with Crippen molar-refractivity contribution in [2.24, 2.45) is 0 Å². The second kappa shape index (κ2) is 47.2. The van der Waals surface area contributed by atoms with Gasteiger partial charge < -0.3 is 10.2 Å². The molecule has 0 rings (SSSR count). The Morgan fingerprint density at radius 1 is 0.333 bits per heavy atom. The van der Waals surface area contributed by atoms with Crippen LogP contribution in [0.5, 0.6) is 0 Å². The van der Waals surface area contributed by atoms with Crippen LogP contribution < -0.4 is 0 Å². The van der Waals surface area contributed by atoms with Gasteiger partial charge in [0.15, 0.2) is 0 Å². The summed E-state index contributed by atoms with van der Waals surface area (Å²) < 4.78 is 0. The zero-order valence-corrected chi connectivity index (χ0v) is 27.3. The van der Waals surface area contributed by atoms with Gasteiger partial charge in [0.05, 0.1) is 0 Å². The molecule has 0 aliphatic heterocycles. The van der Waals surface area contributed by atoms with E-state index in [1.807, 2.05) is 0 Å². The first-order valence-corrected chi connectivity index (χ1v) is 18.0. The average molecular weight is 651 g/mol. The molecule has 0 spiro atoms. The predicted molar refractivity (Wildman–Crippen MR) is 190 cm³/mol. The molecule has 0 saturated carbocycles. The van der Waals surface area contributed by atoms with Crippen LogP contribution in [0.4, 0.5) is 0 Å². The van der Waals surface area contributed by atoms with Crippen molar-refractivity contribution in [1.29, 1.82) is 0 Å². The third kappa shape index (κ3) is 54.3. The SMILES string of the molecule is CCCCCCCCCCCCCCCCCC(=O)O.CCCCCCCCCCCCCCCCCC(=O)O.[CaH2].[KH]. The zero-order chi connectivity index (χ0) is 29.8. The molecule has 0 atom stereocenters. The predicted octanol–water partition coefficient (Wildman–Crippen LogP) is 11.1. The first kappa shape index (κ1) is 50.7. The van der Waals surface area contributed by atoms with Crippen molar-refractivity contribution >= 4 is 101 Å². The maximum atomic E-state index is 10.3. The topological polar surface area (TPSA) is 74.6 Å². The Bertz CT molecular complexity index is 461. The van der Waals surface area contributed by atoms with Gasteiger partial charge in [0.2, 0.25) is 0 Å². The van der Waals surface area contributed by atoms with Gasteiger partial charge in [0.25, 0.3) is 0 Å². The molecule has 0 radical (unpaired) electrons. The molecule has 0 saturated heterocycles. The van der Waals surface area contributed by atoms with Gasteiger partial charge in [0.1, 0.15) is 0 Å². The second-order valence-electron chi connectivity index (χ2n) is 12.2. The van der Waals surface area contributed by atoms with Crippen LogP contribution in [0, 0.1) is 0 Å². The van der Waals surface area contributed by atoms with E-state index in [1.54, 1.807) is 0 Å². The Kier molecular flexibility index (Phi) is 57.0. The van der Waals surface area contributed by atoms with E-state index in [0.29, 0.717) is 12.8 Å². The molecule has 0 bridgehead atoms. The number of aliphatic carboxylic acids is 2. The molecular weight excluding hydrogens is 576 g/mol. The van der Waals surface area contributed by atoms with Crippen molar-refractivity contribution in [3.63, 3.8) is 0 Å². The summed E-state index contributed by atoms with van der Waals surface area (Å²) in [6.45, 7) is 4.54. The third-order valence-corrected chi connectivity index (χ3v) is 7.99. The van der Waals surface area contributed by atoms with Crippen LogP contribution >= 0.6 is 0 Å². The van der Waals surface area contributed by atoms with Crippen LogP contribution in [0.3, 0.4) is 0 Å². The summed E-state index contributed by atoms with van der Waals surface area (Å²) in [6.07, 6.45) is 40.4. The molecule has 246 valence electrons. The Morgan fingerprint density at radius 2 is 0.476 bits per heavy atom. The van der Waals surface area contributed by atoms with Crippen LogP contribution in [0.2, 0.25) is 0 Å². The fraction of sp³-hybridized carbons (Fsp3) is 0.944. The number of carboxylic acid groups (broad SMARTS) is 2. The van der Waals surface area contributed by atoms with Gasteiger partial charge in [-0.05, 0) is 12.8 Å². The minimum atomic E-state index is -0.653. The van der Waals surface area contributed by atoms with E-state index < -0.39 is 11.9 Å². The third-order valence-electron chi connectivity index (χ3n) is 7.99. The molecule has 0 aliphatic carbocycles. The first-order chi connectivity index (χ1) is 19.5. The molecular formula is C36H75CaKO4. The molecule has 0 aromatic heterocycles. The van der Waals surface area contributed by atoms with E-state index in [9.17, 15) is 9.59 Å². The van der Waals surface area contributed by atoms with Crippen molar-refractivity contribution in [3.8, 4) is 0 Å². The van der Waals surface area contributed by atoms with Gasteiger partial charge in [-0.25, -0.2) is 0 Å². The van der Waals surface area contributed by atoms with Crippen LogP contribution in [0.25, 0.3) is 0 Å². The molecule has 0 heterocycles. The van der Waals surface area contributed by atoms with Gasteiger partial charge in [-0.3, -0.25) is 9.59 Å². The Labute approximate surface area is 335 Å². The van der Waals surface area contributed by atoms with Crippen LogP contribution in [0.15, 0.2) is 0 Å². The van der Waals surface area contributed by atoms with E-state index in [0.717, 1.165) is 25.7 Å². The van der Waals surface area contributed by atoms with E-state index in [-0.39, 0.29) is 89.1 Å². The normalized spacial score (nSPS) is 10.3. The molecule has 0 aromatic carbocycles. The van der Waals surface area contributed by atoms with Crippen molar-refractivity contribution in [3.05, 3.63) is 0 Å². The summed E-state index contributed by atoms with van der Waals surface area (Å²) >= 11 is 0. The molecule has 0 aliphatic rings. The molecule has 42 heavy (non-hydrogen) atoms. The van der Waals surface area contributed by atoms with Crippen LogP contribution in [-0.2, 0) is 9.59 Å². The number of rotatable bonds is 32. The van der Waals surface area contributed by atoms with Crippen molar-refractivity contribution in [1.82, 2.24) is 0 Å². The minimum absolute atomic E-state index is 0. The van der Waals surface area contributed by atoms with Gasteiger partial charge in [0, 0.05) is 12.8 Å². The molecule has 0 unspecified atom stereocenters. The molecule has 4 nitrogen and oxygen atoms in total. The average Bonchev–Trinajstić information content (AvgIpc) is 2.93. The van der Waals surface area contributed by atoms with Crippen molar-refractivity contribution < 1.29 is 19.8 Å². The fourth-order valence-corrected chi connectivity index (χ4v) is 5.30. The maximum absolute atomic E-state index is 10.3. The van der Waals surface area contributed by atoms with Gasteiger partial charge in [-0.2, -0.15) is 0 Å². The molecule has 0 fully saturated rings. The first-order valence-electron chi connectivity index (χ1n) is 18.0. The summed E-state index contributed by atoms with van der Waals surface area (Å²) in [5.74, 6) is -1.31. The Balaban J connectivity index is -0.000000328. The number of hydrogen-bond donors (Lipinski definition) is 2. The van der Waals surface area contributed by atoms with E-state index in [1.165, 1.54) is 167 Å². The van der Waals surface area contributed by atoms with Crippen molar-refractivity contribution in [2.75, 3.05) is 0 Å². The molecule has 6 heteroatoms. The summed E-state index contributed by atoms with van der Waals surface area (Å²) in [7, 11) is 0. The number of hydrogen-bond acceptors (Lipinski definition) is 2. The zero-order valence-electron chi connectivity index (χ0n) is 27.3. The van der Waals surface area contributed by atoms with Gasteiger partial charge in [-0.15, -0.1) is 0 Å². The number of carboxylic acids is 2. The van der Waals surface area contributed by atoms with Crippen LogP contribution in [-0.4, -0.2) is 111 Å². The van der Waals surface area contributed by atoms with E-state index in [2.05, 4.69) is 13.8 Å². The number of unbranched alkanes of at least 4 members (excludes halogenated alkanes) is 28. The monoisotopic (exact) mass is 650 g/mol. The van der Waals surface area contributed by atoms with Gasteiger partial charge >= 0.3 is 101 Å². The quantitative estimate of drug-likeness (QED) is 0.0561. The Morgan fingerprint density at radius 3 is 0.619 bits per heavy atom. The van der Waals surface area contributed by atoms with Gasteiger partial charge in [-0.1, -0.05) is 194 Å². The van der Waals surface area contributed by atoms with E-state index in [4.69, 9.17) is 10.2 Å². The van der Waals surface area contributed by atoms with Crippen LogP contribution in [0.1, 0.15) is 219 Å². The molecule has 0 amide bonds. The Hall–Kier alpha value is 1.84. The second-order valence-corrected chi connectivity index (χ2v) is 12.2. The molecule has 2 N–H and O–H groups in total. The standard InChI is InChI=1S/2C18H36O2.Ca.K.3H/c2*1-2-3-4-5-6-7-8-9-10-11-12-13-14-15-16-17-18(19)20;;;;;/h2*2-17H2,1H3,(H,19,20);;;;;. The van der Waals surface area contributed by atoms with Crippen molar-refractivity contribution in [2.45, 2.75) is 219 Å². The summed E-state index contributed by atoms with van der Waals surface area (Å²) in [6, 6.07) is 0. The summed E-state index contributed by atoms with van der Waals surface area (Å²) in [5, 5.41) is 17.0. The van der Waals surface area contributed by atoms with E-state index >= 15 is 0 Å². The molecule has 0 aromatic rings. The summed E-state index contributed by atoms with van der Waals surface area (Å²) in [4.78, 5) is 20.7. The summed E-state index contributed by atoms with van der Waals surface area (Å²) in [5.41, 5.74) is 0. The number of carbonyl (C=O) groups is 2. The fourth-order valence-electron chi connectivity index (χ4n) is 5.30.